The summed E-state index contributed by atoms with van der Waals surface area (Å²) in [5, 5.41) is 0. The average molecular weight is 221 g/mol. The molecule has 1 N–H and O–H groups in total. The van der Waals surface area contributed by atoms with Crippen LogP contribution in [0.3, 0.4) is 0 Å². The second-order valence-corrected chi connectivity index (χ2v) is 3.98. The quantitative estimate of drug-likeness (QED) is 0.788. The van der Waals surface area contributed by atoms with E-state index in [1.54, 1.807) is 6.33 Å². The molecule has 0 amide bonds. The van der Waals surface area contributed by atoms with Gasteiger partial charge in [0.2, 0.25) is 0 Å². The van der Waals surface area contributed by atoms with E-state index in [4.69, 9.17) is 0 Å². The Labute approximate surface area is 91.7 Å². The molecule has 0 spiro atoms. The van der Waals surface area contributed by atoms with Crippen LogP contribution >= 0.6 is 0 Å². The number of H-pyrrole nitrogens is 1. The predicted molar refractivity (Wildman–Crippen MR) is 58.0 cm³/mol. The van der Waals surface area contributed by atoms with E-state index in [1.165, 1.54) is 6.33 Å². The average Bonchev–Trinajstić information content (AvgIpc) is 2.76. The van der Waals surface area contributed by atoms with Gasteiger partial charge < -0.3 is 9.88 Å². The zero-order chi connectivity index (χ0) is 11.0. The van der Waals surface area contributed by atoms with E-state index in [0.29, 0.717) is 18.6 Å². The molecule has 1 aliphatic rings. The molecule has 16 heavy (non-hydrogen) atoms. The Morgan fingerprint density at radius 1 is 1.38 bits per heavy atom. The summed E-state index contributed by atoms with van der Waals surface area (Å²) >= 11 is 0. The summed E-state index contributed by atoms with van der Waals surface area (Å²) in [6.07, 6.45) is 3.80. The Bertz CT molecular complexity index is 497. The number of aromatic nitrogens is 4. The zero-order valence-electron chi connectivity index (χ0n) is 8.73. The fourth-order valence-corrected chi connectivity index (χ4v) is 2.11. The number of imidazole rings is 1. The normalized spacial score (nSPS) is 21.6. The van der Waals surface area contributed by atoms with Crippen molar-refractivity contribution in [3.05, 3.63) is 12.7 Å². The molecule has 1 unspecified atom stereocenters. The standard InChI is InChI=1S/C10H12FN5/c11-7-2-1-3-16(4-7)10-8-9(13-5-12-8)14-6-15-10/h5-7H,1-4H2,(H,12,13,14,15). The number of aromatic amines is 1. The number of halogens is 1. The minimum atomic E-state index is -0.762. The highest BCUT2D eigenvalue weighted by molar-refractivity contribution is 5.82. The molecule has 2 aromatic rings. The molecule has 5 nitrogen and oxygen atoms in total. The van der Waals surface area contributed by atoms with Gasteiger partial charge in [-0.15, -0.1) is 0 Å². The highest BCUT2D eigenvalue weighted by atomic mass is 19.1. The number of alkyl halides is 1. The molecule has 0 saturated carbocycles. The van der Waals surface area contributed by atoms with Crippen molar-refractivity contribution in [2.75, 3.05) is 18.0 Å². The molecule has 1 saturated heterocycles. The van der Waals surface area contributed by atoms with E-state index < -0.39 is 6.17 Å². The molecular formula is C10H12FN5. The van der Waals surface area contributed by atoms with Gasteiger partial charge in [-0.3, -0.25) is 0 Å². The van der Waals surface area contributed by atoms with E-state index in [-0.39, 0.29) is 0 Å². The molecule has 1 aliphatic heterocycles. The van der Waals surface area contributed by atoms with Crippen LogP contribution in [0.1, 0.15) is 12.8 Å². The lowest BCUT2D eigenvalue weighted by atomic mass is 10.1. The van der Waals surface area contributed by atoms with Crippen molar-refractivity contribution < 1.29 is 4.39 Å². The number of nitrogens with zero attached hydrogens (tertiary/aromatic N) is 4. The predicted octanol–water partition coefficient (Wildman–Crippen LogP) is 1.29. The molecule has 0 aliphatic carbocycles. The molecule has 0 bridgehead atoms. The number of anilines is 1. The lowest BCUT2D eigenvalue weighted by molar-refractivity contribution is 0.286. The van der Waals surface area contributed by atoms with Crippen molar-refractivity contribution in [1.29, 1.82) is 0 Å². The molecule has 0 aromatic carbocycles. The highest BCUT2D eigenvalue weighted by Crippen LogP contribution is 2.23. The number of hydrogen-bond acceptors (Lipinski definition) is 4. The number of nitrogens with one attached hydrogen (secondary N) is 1. The van der Waals surface area contributed by atoms with Crippen molar-refractivity contribution in [2.45, 2.75) is 19.0 Å². The second-order valence-electron chi connectivity index (χ2n) is 3.98. The van der Waals surface area contributed by atoms with Gasteiger partial charge in [0, 0.05) is 6.54 Å². The van der Waals surface area contributed by atoms with Gasteiger partial charge in [-0.05, 0) is 12.8 Å². The zero-order valence-corrected chi connectivity index (χ0v) is 8.73. The Morgan fingerprint density at radius 3 is 3.19 bits per heavy atom. The summed E-state index contributed by atoms with van der Waals surface area (Å²) < 4.78 is 13.3. The van der Waals surface area contributed by atoms with Crippen LogP contribution in [0.15, 0.2) is 12.7 Å². The van der Waals surface area contributed by atoms with Gasteiger partial charge in [0.05, 0.1) is 12.9 Å². The Kier molecular flexibility index (Phi) is 2.19. The first-order valence-electron chi connectivity index (χ1n) is 5.37. The van der Waals surface area contributed by atoms with Gasteiger partial charge in [0.25, 0.3) is 0 Å². The highest BCUT2D eigenvalue weighted by Gasteiger charge is 2.22. The Morgan fingerprint density at radius 2 is 2.31 bits per heavy atom. The van der Waals surface area contributed by atoms with Crippen LogP contribution in [-0.2, 0) is 0 Å². The molecule has 1 atom stereocenters. The van der Waals surface area contributed by atoms with Crippen LogP contribution in [0.4, 0.5) is 10.2 Å². The number of hydrogen-bond donors (Lipinski definition) is 1. The number of rotatable bonds is 1. The van der Waals surface area contributed by atoms with E-state index >= 15 is 0 Å². The Hall–Kier alpha value is -1.72. The lowest BCUT2D eigenvalue weighted by Crippen LogP contribution is -2.37. The molecule has 6 heteroatoms. The van der Waals surface area contributed by atoms with E-state index in [1.807, 2.05) is 4.90 Å². The number of piperidine rings is 1. The maximum absolute atomic E-state index is 13.3. The first-order valence-corrected chi connectivity index (χ1v) is 5.37. The Balaban J connectivity index is 2.01. The van der Waals surface area contributed by atoms with Crippen LogP contribution < -0.4 is 4.90 Å². The molecule has 3 heterocycles. The topological polar surface area (TPSA) is 57.7 Å². The maximum atomic E-state index is 13.3. The van der Waals surface area contributed by atoms with Crippen LogP contribution in [-0.4, -0.2) is 39.2 Å². The summed E-state index contributed by atoms with van der Waals surface area (Å²) in [7, 11) is 0. The molecule has 84 valence electrons. The van der Waals surface area contributed by atoms with Gasteiger partial charge in [0.1, 0.15) is 18.0 Å². The van der Waals surface area contributed by atoms with Crippen molar-refractivity contribution in [2.24, 2.45) is 0 Å². The van der Waals surface area contributed by atoms with E-state index in [2.05, 4.69) is 19.9 Å². The maximum Gasteiger partial charge on any atom is 0.182 e. The lowest BCUT2D eigenvalue weighted by Gasteiger charge is -2.29. The monoisotopic (exact) mass is 221 g/mol. The summed E-state index contributed by atoms with van der Waals surface area (Å²) in [5.41, 5.74) is 1.42. The van der Waals surface area contributed by atoms with Gasteiger partial charge >= 0.3 is 0 Å². The first kappa shape index (κ1) is 9.50. The summed E-state index contributed by atoms with van der Waals surface area (Å²) in [6, 6.07) is 0. The third-order valence-corrected chi connectivity index (χ3v) is 2.87. The van der Waals surface area contributed by atoms with Crippen molar-refractivity contribution in [1.82, 2.24) is 19.9 Å². The third kappa shape index (κ3) is 1.50. The third-order valence-electron chi connectivity index (χ3n) is 2.87. The van der Waals surface area contributed by atoms with Crippen molar-refractivity contribution in [3.8, 4) is 0 Å². The summed E-state index contributed by atoms with van der Waals surface area (Å²) in [6.45, 7) is 1.25. The largest absolute Gasteiger partial charge is 0.352 e. The SMILES string of the molecule is FC1CCCN(c2ncnc3nc[nH]c23)C1. The minimum Gasteiger partial charge on any atom is -0.352 e. The fraction of sp³-hybridized carbons (Fsp3) is 0.500. The molecule has 0 radical (unpaired) electrons. The summed E-state index contributed by atoms with van der Waals surface area (Å²) in [4.78, 5) is 17.3. The van der Waals surface area contributed by atoms with E-state index in [0.717, 1.165) is 24.3 Å². The van der Waals surface area contributed by atoms with Crippen LogP contribution in [0, 0.1) is 0 Å². The van der Waals surface area contributed by atoms with Gasteiger partial charge in [0.15, 0.2) is 11.5 Å². The van der Waals surface area contributed by atoms with Gasteiger partial charge in [-0.1, -0.05) is 0 Å². The van der Waals surface area contributed by atoms with Crippen LogP contribution in [0.2, 0.25) is 0 Å². The van der Waals surface area contributed by atoms with Crippen LogP contribution in [0.5, 0.6) is 0 Å². The van der Waals surface area contributed by atoms with Gasteiger partial charge in [-0.25, -0.2) is 19.3 Å². The molecular weight excluding hydrogens is 209 g/mol. The summed E-state index contributed by atoms with van der Waals surface area (Å²) in [5.74, 6) is 0.754. The first-order chi connectivity index (χ1) is 7.84. The van der Waals surface area contributed by atoms with E-state index in [9.17, 15) is 4.39 Å². The molecule has 3 rings (SSSR count). The van der Waals surface area contributed by atoms with Crippen molar-refractivity contribution in [3.63, 3.8) is 0 Å². The van der Waals surface area contributed by atoms with Crippen molar-refractivity contribution >= 4 is 17.0 Å². The number of fused-ring (bicyclic) bond motifs is 1. The van der Waals surface area contributed by atoms with Crippen LogP contribution in [0.25, 0.3) is 11.2 Å². The second kappa shape index (κ2) is 3.70. The fourth-order valence-electron chi connectivity index (χ4n) is 2.11. The van der Waals surface area contributed by atoms with Gasteiger partial charge in [-0.2, -0.15) is 0 Å². The molecule has 1 fully saturated rings. The smallest absolute Gasteiger partial charge is 0.182 e. The minimum absolute atomic E-state index is 0.408. The molecule has 2 aromatic heterocycles.